The number of esters is 1. The second-order valence-electron chi connectivity index (χ2n) is 3.10. The van der Waals surface area contributed by atoms with Crippen LogP contribution in [0.5, 0.6) is 17.2 Å². The van der Waals surface area contributed by atoms with Crippen LogP contribution in [0.25, 0.3) is 6.08 Å². The second-order valence-corrected chi connectivity index (χ2v) is 3.10. The number of benzene rings is 1. The van der Waals surface area contributed by atoms with Gasteiger partial charge in [-0.3, -0.25) is 0 Å². The zero-order valence-corrected chi connectivity index (χ0v) is 9.89. The highest BCUT2D eigenvalue weighted by molar-refractivity contribution is 5.87. The van der Waals surface area contributed by atoms with Crippen molar-refractivity contribution in [2.45, 2.75) is 0 Å². The minimum absolute atomic E-state index is 0.109. The molecule has 0 heterocycles. The average molecular weight is 238 g/mol. The SMILES string of the molecule is COC(=O)C=Cc1ccc(OC)c(O)c1OC. The van der Waals surface area contributed by atoms with Gasteiger partial charge in [-0.1, -0.05) is 0 Å². The van der Waals surface area contributed by atoms with Gasteiger partial charge in [-0.2, -0.15) is 0 Å². The Balaban J connectivity index is 3.13. The summed E-state index contributed by atoms with van der Waals surface area (Å²) < 4.78 is 14.5. The van der Waals surface area contributed by atoms with E-state index in [1.807, 2.05) is 0 Å². The molecular formula is C12H14O5. The van der Waals surface area contributed by atoms with Crippen LogP contribution < -0.4 is 9.47 Å². The molecule has 1 rings (SSSR count). The summed E-state index contributed by atoms with van der Waals surface area (Å²) in [4.78, 5) is 11.0. The molecule has 1 aromatic rings. The first-order valence-corrected chi connectivity index (χ1v) is 4.84. The van der Waals surface area contributed by atoms with Crippen molar-refractivity contribution in [2.24, 2.45) is 0 Å². The van der Waals surface area contributed by atoms with Crippen LogP contribution in [-0.2, 0) is 9.53 Å². The molecule has 5 heteroatoms. The zero-order chi connectivity index (χ0) is 12.8. The molecule has 1 N–H and O–H groups in total. The summed E-state index contributed by atoms with van der Waals surface area (Å²) in [6.45, 7) is 0. The number of phenolic OH excluding ortho intramolecular Hbond substituents is 1. The molecule has 0 atom stereocenters. The molecule has 0 aromatic heterocycles. The number of rotatable bonds is 4. The molecule has 0 spiro atoms. The Morgan fingerprint density at radius 3 is 2.47 bits per heavy atom. The number of phenols is 1. The summed E-state index contributed by atoms with van der Waals surface area (Å²) in [5, 5.41) is 9.79. The Bertz CT molecular complexity index is 437. The number of carbonyl (C=O) groups is 1. The predicted molar refractivity (Wildman–Crippen MR) is 62.3 cm³/mol. The molecule has 0 bridgehead atoms. The van der Waals surface area contributed by atoms with Crippen LogP contribution in [0.3, 0.4) is 0 Å². The molecule has 0 fully saturated rings. The quantitative estimate of drug-likeness (QED) is 0.637. The van der Waals surface area contributed by atoms with Crippen molar-refractivity contribution in [3.8, 4) is 17.2 Å². The van der Waals surface area contributed by atoms with Gasteiger partial charge in [-0.15, -0.1) is 0 Å². The van der Waals surface area contributed by atoms with Crippen LogP contribution in [0.15, 0.2) is 18.2 Å². The van der Waals surface area contributed by atoms with Crippen molar-refractivity contribution < 1.29 is 24.1 Å². The van der Waals surface area contributed by atoms with E-state index in [9.17, 15) is 9.90 Å². The largest absolute Gasteiger partial charge is 0.502 e. The summed E-state index contributed by atoms with van der Waals surface area (Å²) >= 11 is 0. The topological polar surface area (TPSA) is 65.0 Å². The number of methoxy groups -OCH3 is 3. The normalized spacial score (nSPS) is 10.3. The third kappa shape index (κ3) is 2.90. The first-order valence-electron chi connectivity index (χ1n) is 4.84. The van der Waals surface area contributed by atoms with E-state index in [-0.39, 0.29) is 11.5 Å². The van der Waals surface area contributed by atoms with E-state index in [2.05, 4.69) is 4.74 Å². The molecule has 0 unspecified atom stereocenters. The van der Waals surface area contributed by atoms with Crippen LogP contribution >= 0.6 is 0 Å². The molecule has 5 nitrogen and oxygen atoms in total. The van der Waals surface area contributed by atoms with Gasteiger partial charge in [0.1, 0.15) is 0 Å². The van der Waals surface area contributed by atoms with Crippen LogP contribution in [0.4, 0.5) is 0 Å². The van der Waals surface area contributed by atoms with Crippen molar-refractivity contribution in [1.29, 1.82) is 0 Å². The van der Waals surface area contributed by atoms with Crippen LogP contribution in [-0.4, -0.2) is 32.4 Å². The van der Waals surface area contributed by atoms with Gasteiger partial charge >= 0.3 is 5.97 Å². The van der Waals surface area contributed by atoms with Crippen LogP contribution in [0, 0.1) is 0 Å². The number of hydrogen-bond donors (Lipinski definition) is 1. The van der Waals surface area contributed by atoms with E-state index >= 15 is 0 Å². The second kappa shape index (κ2) is 5.79. The maximum atomic E-state index is 11.0. The highest BCUT2D eigenvalue weighted by atomic mass is 16.5. The molecule has 0 saturated heterocycles. The lowest BCUT2D eigenvalue weighted by Gasteiger charge is -2.10. The standard InChI is InChI=1S/C12H14O5/c1-15-9-6-4-8(5-7-10(13)16-2)12(17-3)11(9)14/h4-7,14H,1-3H3. The summed E-state index contributed by atoms with van der Waals surface area (Å²) in [5.74, 6) is -0.0500. The first-order chi connectivity index (χ1) is 8.13. The fourth-order valence-electron chi connectivity index (χ4n) is 1.31. The molecule has 92 valence electrons. The minimum atomic E-state index is -0.484. The van der Waals surface area contributed by atoms with Gasteiger partial charge in [0.15, 0.2) is 11.5 Å². The van der Waals surface area contributed by atoms with E-state index in [0.29, 0.717) is 11.3 Å². The maximum absolute atomic E-state index is 11.0. The van der Waals surface area contributed by atoms with E-state index < -0.39 is 5.97 Å². The maximum Gasteiger partial charge on any atom is 0.330 e. The number of carbonyl (C=O) groups excluding carboxylic acids is 1. The fraction of sp³-hybridized carbons (Fsp3) is 0.250. The predicted octanol–water partition coefficient (Wildman–Crippen LogP) is 1.60. The van der Waals surface area contributed by atoms with E-state index in [1.165, 1.54) is 33.5 Å². The Hall–Kier alpha value is -2.17. The number of ether oxygens (including phenoxy) is 3. The van der Waals surface area contributed by atoms with Gasteiger partial charge in [-0.05, 0) is 18.2 Å². The van der Waals surface area contributed by atoms with Crippen molar-refractivity contribution in [3.63, 3.8) is 0 Å². The van der Waals surface area contributed by atoms with Crippen molar-refractivity contribution in [2.75, 3.05) is 21.3 Å². The Morgan fingerprint density at radius 2 is 1.94 bits per heavy atom. The van der Waals surface area contributed by atoms with Gasteiger partial charge in [0.05, 0.1) is 21.3 Å². The van der Waals surface area contributed by atoms with Gasteiger partial charge in [0.2, 0.25) is 5.75 Å². The molecular weight excluding hydrogens is 224 g/mol. The molecule has 0 amide bonds. The Labute approximate surface area is 99.2 Å². The Morgan fingerprint density at radius 1 is 1.24 bits per heavy atom. The molecule has 0 saturated carbocycles. The summed E-state index contributed by atoms with van der Waals surface area (Å²) in [6, 6.07) is 3.24. The average Bonchev–Trinajstić information content (AvgIpc) is 2.35. The van der Waals surface area contributed by atoms with Gasteiger partial charge in [0, 0.05) is 11.6 Å². The van der Waals surface area contributed by atoms with E-state index in [4.69, 9.17) is 9.47 Å². The minimum Gasteiger partial charge on any atom is -0.502 e. The monoisotopic (exact) mass is 238 g/mol. The van der Waals surface area contributed by atoms with E-state index in [0.717, 1.165) is 0 Å². The highest BCUT2D eigenvalue weighted by Gasteiger charge is 2.12. The third-order valence-electron chi connectivity index (χ3n) is 2.15. The van der Waals surface area contributed by atoms with Gasteiger partial charge < -0.3 is 19.3 Å². The molecule has 17 heavy (non-hydrogen) atoms. The molecule has 0 aliphatic heterocycles. The molecule has 0 aliphatic rings. The molecule has 0 aliphatic carbocycles. The fourth-order valence-corrected chi connectivity index (χ4v) is 1.31. The number of aromatic hydroxyl groups is 1. The first kappa shape index (κ1) is 12.9. The summed E-state index contributed by atoms with van der Waals surface area (Å²) in [6.07, 6.45) is 2.73. The molecule has 0 radical (unpaired) electrons. The summed E-state index contributed by atoms with van der Waals surface area (Å²) in [7, 11) is 4.15. The Kier molecular flexibility index (Phi) is 4.39. The van der Waals surface area contributed by atoms with Crippen LogP contribution in [0.2, 0.25) is 0 Å². The lowest BCUT2D eigenvalue weighted by atomic mass is 10.1. The molecule has 1 aromatic carbocycles. The van der Waals surface area contributed by atoms with E-state index in [1.54, 1.807) is 12.1 Å². The smallest absolute Gasteiger partial charge is 0.330 e. The van der Waals surface area contributed by atoms with Gasteiger partial charge in [0.25, 0.3) is 0 Å². The third-order valence-corrected chi connectivity index (χ3v) is 2.15. The van der Waals surface area contributed by atoms with Crippen molar-refractivity contribution in [3.05, 3.63) is 23.8 Å². The lowest BCUT2D eigenvalue weighted by molar-refractivity contribution is -0.134. The zero-order valence-electron chi connectivity index (χ0n) is 9.89. The number of hydrogen-bond acceptors (Lipinski definition) is 5. The summed E-state index contributed by atoms with van der Waals surface area (Å²) in [5.41, 5.74) is 0.552. The van der Waals surface area contributed by atoms with Crippen molar-refractivity contribution >= 4 is 12.0 Å². The van der Waals surface area contributed by atoms with Gasteiger partial charge in [-0.25, -0.2) is 4.79 Å². The van der Waals surface area contributed by atoms with Crippen molar-refractivity contribution in [1.82, 2.24) is 0 Å². The van der Waals surface area contributed by atoms with Crippen LogP contribution in [0.1, 0.15) is 5.56 Å². The highest BCUT2D eigenvalue weighted by Crippen LogP contribution is 2.39. The lowest BCUT2D eigenvalue weighted by Crippen LogP contribution is -1.95.